The molecule has 7 aromatic rings. The SMILES string of the molecule is COC(=O)c1cc2c(cc1Br)OC(c1ccccc1)(c1ccccc1)O2.COC(=O)c1cc2c(cc1SCc1ccccc1)OC(c1ccccc1)(c1ccccc1)O2. The van der Waals surface area contributed by atoms with Crippen molar-refractivity contribution < 1.29 is 38.0 Å². The summed E-state index contributed by atoms with van der Waals surface area (Å²) in [5.74, 6) is -0.252. The molecule has 9 rings (SSSR count). The summed E-state index contributed by atoms with van der Waals surface area (Å²) in [6.07, 6.45) is 0. The normalized spacial score (nSPS) is 13.7. The van der Waals surface area contributed by atoms with Gasteiger partial charge >= 0.3 is 23.5 Å². The van der Waals surface area contributed by atoms with Gasteiger partial charge in [-0.1, -0.05) is 152 Å². The molecular weight excluding hydrogens is 829 g/mol. The highest BCUT2D eigenvalue weighted by Gasteiger charge is 2.47. The van der Waals surface area contributed by atoms with Gasteiger partial charge in [0.15, 0.2) is 23.0 Å². The van der Waals surface area contributed by atoms with E-state index in [9.17, 15) is 9.59 Å². The predicted octanol–water partition coefficient (Wildman–Crippen LogP) is 11.3. The Morgan fingerprint density at radius 3 is 1.24 bits per heavy atom. The number of carbonyl (C=O) groups is 2. The largest absolute Gasteiger partial charge is 0.465 e. The average molecular weight is 866 g/mol. The van der Waals surface area contributed by atoms with E-state index in [4.69, 9.17) is 28.4 Å². The van der Waals surface area contributed by atoms with Crippen LogP contribution in [0.5, 0.6) is 23.0 Å². The average Bonchev–Trinajstić information content (AvgIpc) is 3.88. The molecule has 10 heteroatoms. The molecule has 0 atom stereocenters. The Balaban J connectivity index is 0.000000169. The van der Waals surface area contributed by atoms with E-state index in [-0.39, 0.29) is 0 Å². The topological polar surface area (TPSA) is 89.5 Å². The number of carbonyl (C=O) groups excluding carboxylic acids is 2. The highest BCUT2D eigenvalue weighted by molar-refractivity contribution is 9.10. The van der Waals surface area contributed by atoms with Gasteiger partial charge in [0, 0.05) is 37.4 Å². The van der Waals surface area contributed by atoms with E-state index in [1.165, 1.54) is 19.8 Å². The van der Waals surface area contributed by atoms with Gasteiger partial charge in [0.05, 0.1) is 25.3 Å². The van der Waals surface area contributed by atoms with Crippen molar-refractivity contribution in [1.29, 1.82) is 0 Å². The number of esters is 2. The van der Waals surface area contributed by atoms with Gasteiger partial charge in [0.25, 0.3) is 0 Å². The zero-order chi connectivity index (χ0) is 40.8. The Morgan fingerprint density at radius 1 is 0.492 bits per heavy atom. The third-order valence-corrected chi connectivity index (χ3v) is 11.5. The molecule has 7 aromatic carbocycles. The summed E-state index contributed by atoms with van der Waals surface area (Å²) in [5, 5.41) is 0. The molecule has 294 valence electrons. The van der Waals surface area contributed by atoms with Crippen LogP contribution in [-0.2, 0) is 26.8 Å². The number of hydrogen-bond donors (Lipinski definition) is 0. The van der Waals surface area contributed by atoms with Gasteiger partial charge < -0.3 is 28.4 Å². The van der Waals surface area contributed by atoms with Gasteiger partial charge in [-0.15, -0.1) is 11.8 Å². The maximum atomic E-state index is 12.6. The van der Waals surface area contributed by atoms with Crippen molar-refractivity contribution in [2.45, 2.75) is 22.2 Å². The van der Waals surface area contributed by atoms with Crippen molar-refractivity contribution in [2.24, 2.45) is 0 Å². The number of methoxy groups -OCH3 is 2. The molecule has 0 saturated heterocycles. The maximum Gasteiger partial charge on any atom is 0.339 e. The molecule has 0 aliphatic carbocycles. The number of thioether (sulfide) groups is 1. The summed E-state index contributed by atoms with van der Waals surface area (Å²) in [4.78, 5) is 25.4. The lowest BCUT2D eigenvalue weighted by Gasteiger charge is -2.28. The summed E-state index contributed by atoms with van der Waals surface area (Å²) in [6, 6.07) is 56.2. The molecule has 2 heterocycles. The van der Waals surface area contributed by atoms with Crippen LogP contribution >= 0.6 is 27.7 Å². The second-order valence-corrected chi connectivity index (χ2v) is 15.3. The fraction of sp³-hybridized carbons (Fsp3) is 0.102. The number of benzene rings is 7. The van der Waals surface area contributed by atoms with Crippen LogP contribution in [0.1, 0.15) is 48.5 Å². The number of fused-ring (bicyclic) bond motifs is 2. The fourth-order valence-electron chi connectivity index (χ4n) is 6.88. The van der Waals surface area contributed by atoms with Gasteiger partial charge in [0.2, 0.25) is 0 Å². The highest BCUT2D eigenvalue weighted by atomic mass is 79.9. The van der Waals surface area contributed by atoms with Crippen LogP contribution in [0.15, 0.2) is 185 Å². The molecule has 0 amide bonds. The van der Waals surface area contributed by atoms with E-state index < -0.39 is 23.5 Å². The lowest BCUT2D eigenvalue weighted by Crippen LogP contribution is -2.36. The van der Waals surface area contributed by atoms with Crippen LogP contribution in [0.4, 0.5) is 0 Å². The minimum absolute atomic E-state index is 0.381. The summed E-state index contributed by atoms with van der Waals surface area (Å²) in [6.45, 7) is 0. The predicted molar refractivity (Wildman–Crippen MR) is 229 cm³/mol. The molecular formula is C49H37BrO8S. The summed E-state index contributed by atoms with van der Waals surface area (Å²) < 4.78 is 36.1. The first-order chi connectivity index (χ1) is 28.8. The molecule has 59 heavy (non-hydrogen) atoms. The van der Waals surface area contributed by atoms with E-state index in [0.717, 1.165) is 27.1 Å². The van der Waals surface area contributed by atoms with Crippen molar-refractivity contribution in [2.75, 3.05) is 14.2 Å². The molecule has 0 N–H and O–H groups in total. The minimum atomic E-state index is -1.14. The van der Waals surface area contributed by atoms with Crippen LogP contribution in [0.2, 0.25) is 0 Å². The molecule has 0 fully saturated rings. The molecule has 0 bridgehead atoms. The van der Waals surface area contributed by atoms with Gasteiger partial charge in [-0.2, -0.15) is 0 Å². The summed E-state index contributed by atoms with van der Waals surface area (Å²) in [7, 11) is 2.73. The zero-order valence-electron chi connectivity index (χ0n) is 32.0. The third-order valence-electron chi connectivity index (χ3n) is 9.76. The van der Waals surface area contributed by atoms with Crippen molar-refractivity contribution in [3.05, 3.63) is 219 Å². The summed E-state index contributed by atoms with van der Waals surface area (Å²) >= 11 is 4.97. The standard InChI is InChI=1S/C28H22O4S.C21H15BrO4/c1-30-27(29)23-17-24-25(18-26(23)33-19-20-11-5-2-6-12-20)32-28(31-24,21-13-7-3-8-14-21)22-15-9-4-10-16-22;1-24-20(23)16-12-18-19(13-17(16)22)26-21(25-18,14-8-4-2-5-9-14)15-10-6-3-7-11-15/h2-18H,19H2,1H3;2-13H,1H3. The first-order valence-electron chi connectivity index (χ1n) is 18.7. The molecule has 0 spiro atoms. The van der Waals surface area contributed by atoms with Crippen LogP contribution in [0.3, 0.4) is 0 Å². The van der Waals surface area contributed by atoms with Gasteiger partial charge in [0.1, 0.15) is 0 Å². The first kappa shape index (κ1) is 39.3. The number of halogens is 1. The monoisotopic (exact) mass is 864 g/mol. The van der Waals surface area contributed by atoms with Crippen molar-refractivity contribution in [3.8, 4) is 23.0 Å². The van der Waals surface area contributed by atoms with Crippen molar-refractivity contribution in [3.63, 3.8) is 0 Å². The molecule has 0 aromatic heterocycles. The van der Waals surface area contributed by atoms with Gasteiger partial charge in [-0.25, -0.2) is 9.59 Å². The maximum absolute atomic E-state index is 12.6. The summed E-state index contributed by atoms with van der Waals surface area (Å²) in [5.41, 5.74) is 5.45. The second kappa shape index (κ2) is 17.2. The molecule has 2 aliphatic rings. The Hall–Kier alpha value is -6.49. The smallest absolute Gasteiger partial charge is 0.339 e. The zero-order valence-corrected chi connectivity index (χ0v) is 34.4. The van der Waals surface area contributed by atoms with E-state index in [1.807, 2.05) is 146 Å². The lowest BCUT2D eigenvalue weighted by molar-refractivity contribution is -0.0462. The molecule has 2 aliphatic heterocycles. The number of rotatable bonds is 9. The van der Waals surface area contributed by atoms with Gasteiger partial charge in [-0.05, 0) is 45.8 Å². The van der Waals surface area contributed by atoms with E-state index >= 15 is 0 Å². The van der Waals surface area contributed by atoms with E-state index in [1.54, 1.807) is 30.0 Å². The molecule has 0 saturated carbocycles. The van der Waals surface area contributed by atoms with Crippen molar-refractivity contribution >= 4 is 39.6 Å². The minimum Gasteiger partial charge on any atom is -0.465 e. The fourth-order valence-corrected chi connectivity index (χ4v) is 8.37. The highest BCUT2D eigenvalue weighted by Crippen LogP contribution is 2.51. The lowest BCUT2D eigenvalue weighted by atomic mass is 9.97. The quantitative estimate of drug-likeness (QED) is 0.104. The molecule has 0 unspecified atom stereocenters. The Bertz CT molecular complexity index is 2490. The Labute approximate surface area is 354 Å². The van der Waals surface area contributed by atoms with Crippen LogP contribution in [0, 0.1) is 0 Å². The molecule has 8 nitrogen and oxygen atoms in total. The third kappa shape index (κ3) is 7.89. The van der Waals surface area contributed by atoms with Crippen LogP contribution in [-0.4, -0.2) is 26.2 Å². The second-order valence-electron chi connectivity index (χ2n) is 13.4. The van der Waals surface area contributed by atoms with Crippen molar-refractivity contribution in [1.82, 2.24) is 0 Å². The van der Waals surface area contributed by atoms with Crippen LogP contribution in [0.25, 0.3) is 0 Å². The Morgan fingerprint density at radius 2 is 0.831 bits per heavy atom. The van der Waals surface area contributed by atoms with Crippen LogP contribution < -0.4 is 18.9 Å². The van der Waals surface area contributed by atoms with E-state index in [0.29, 0.717) is 44.4 Å². The number of hydrogen-bond acceptors (Lipinski definition) is 9. The van der Waals surface area contributed by atoms with E-state index in [2.05, 4.69) is 28.1 Å². The molecule has 0 radical (unpaired) electrons. The first-order valence-corrected chi connectivity index (χ1v) is 20.4. The Kier molecular flexibility index (Phi) is 11.4. The van der Waals surface area contributed by atoms with Gasteiger partial charge in [-0.3, -0.25) is 0 Å². The number of ether oxygens (including phenoxy) is 6.